The first-order chi connectivity index (χ1) is 9.48. The predicted octanol–water partition coefficient (Wildman–Crippen LogP) is 3.66. The molecule has 6 heteroatoms. The van der Waals surface area contributed by atoms with Gasteiger partial charge in [-0.15, -0.1) is 0 Å². The molecular formula is C14H31NO4S. The number of hydrogen-bond acceptors (Lipinski definition) is 5. The van der Waals surface area contributed by atoms with Gasteiger partial charge in [-0.05, 0) is 6.42 Å². The van der Waals surface area contributed by atoms with E-state index in [1.54, 1.807) is 0 Å². The Balaban J connectivity index is 3.28. The van der Waals surface area contributed by atoms with Crippen molar-refractivity contribution in [3.63, 3.8) is 0 Å². The lowest BCUT2D eigenvalue weighted by Gasteiger charge is -2.09. The van der Waals surface area contributed by atoms with Crippen molar-refractivity contribution in [2.45, 2.75) is 71.1 Å². The third-order valence-corrected chi connectivity index (χ3v) is 3.90. The Labute approximate surface area is 124 Å². The molecule has 0 fully saturated rings. The lowest BCUT2D eigenvalue weighted by atomic mass is 10.1. The summed E-state index contributed by atoms with van der Waals surface area (Å²) in [7, 11) is -0.862. The fourth-order valence-corrected chi connectivity index (χ4v) is 2.68. The molecule has 0 atom stereocenters. The monoisotopic (exact) mass is 309 g/mol. The maximum absolute atomic E-state index is 11.2. The molecule has 0 N–H and O–H groups in total. The molecule has 0 spiro atoms. The van der Waals surface area contributed by atoms with Crippen molar-refractivity contribution in [2.75, 3.05) is 20.7 Å². The van der Waals surface area contributed by atoms with E-state index in [1.165, 1.54) is 59.0 Å². The van der Waals surface area contributed by atoms with E-state index in [0.717, 1.165) is 24.3 Å². The van der Waals surface area contributed by atoms with Crippen LogP contribution in [0, 0.1) is 0 Å². The second kappa shape index (κ2) is 12.6. The molecule has 0 aliphatic rings. The van der Waals surface area contributed by atoms with Gasteiger partial charge in [0, 0.05) is 14.1 Å². The van der Waals surface area contributed by atoms with Gasteiger partial charge >= 0.3 is 10.4 Å². The molecular weight excluding hydrogens is 278 g/mol. The number of rotatable bonds is 14. The van der Waals surface area contributed by atoms with E-state index in [1.807, 2.05) is 0 Å². The molecule has 0 rings (SSSR count). The summed E-state index contributed by atoms with van der Waals surface area (Å²) in [6.07, 6.45) is 12.1. The molecule has 20 heavy (non-hydrogen) atoms. The smallest absolute Gasteiger partial charge is 0.247 e. The molecule has 0 radical (unpaired) electrons. The van der Waals surface area contributed by atoms with E-state index >= 15 is 0 Å². The molecule has 0 aromatic carbocycles. The third-order valence-electron chi connectivity index (χ3n) is 2.97. The quantitative estimate of drug-likeness (QED) is 0.362. The lowest BCUT2D eigenvalue weighted by Crippen LogP contribution is -2.21. The molecule has 0 heterocycles. The minimum atomic E-state index is -3.87. The van der Waals surface area contributed by atoms with Crippen LogP contribution < -0.4 is 0 Å². The van der Waals surface area contributed by atoms with Crippen LogP contribution in [0.15, 0.2) is 0 Å². The zero-order valence-electron chi connectivity index (χ0n) is 13.3. The first-order valence-electron chi connectivity index (χ1n) is 7.74. The first kappa shape index (κ1) is 19.8. The Morgan fingerprint density at radius 3 is 1.70 bits per heavy atom. The van der Waals surface area contributed by atoms with E-state index < -0.39 is 10.4 Å². The number of nitrogens with zero attached hydrogens (tertiary/aromatic N) is 1. The van der Waals surface area contributed by atoms with Crippen molar-refractivity contribution in [3.8, 4) is 0 Å². The van der Waals surface area contributed by atoms with Crippen molar-refractivity contribution >= 4 is 10.4 Å². The zero-order chi connectivity index (χ0) is 15.3. The van der Waals surface area contributed by atoms with E-state index in [-0.39, 0.29) is 6.61 Å². The van der Waals surface area contributed by atoms with Crippen molar-refractivity contribution in [1.29, 1.82) is 0 Å². The van der Waals surface area contributed by atoms with E-state index in [2.05, 4.69) is 11.2 Å². The molecule has 122 valence electrons. The Kier molecular flexibility index (Phi) is 12.5. The van der Waals surface area contributed by atoms with Gasteiger partial charge in [0.15, 0.2) is 0 Å². The first-order valence-corrected chi connectivity index (χ1v) is 9.07. The van der Waals surface area contributed by atoms with Crippen LogP contribution in [0.1, 0.15) is 71.1 Å². The van der Waals surface area contributed by atoms with Crippen LogP contribution in [0.5, 0.6) is 0 Å². The van der Waals surface area contributed by atoms with Crippen molar-refractivity contribution in [2.24, 2.45) is 0 Å². The van der Waals surface area contributed by atoms with Crippen molar-refractivity contribution < 1.29 is 16.9 Å². The standard InChI is InChI=1S/C14H31NO4S/c1-4-5-6-7-8-9-10-11-12-13-14-18-20(16,17)19-15(2)3/h4-14H2,1-3H3. The summed E-state index contributed by atoms with van der Waals surface area (Å²) in [5.41, 5.74) is 0. The summed E-state index contributed by atoms with van der Waals surface area (Å²) < 4.78 is 31.7. The average Bonchev–Trinajstić information content (AvgIpc) is 2.34. The van der Waals surface area contributed by atoms with Gasteiger partial charge in [0.25, 0.3) is 0 Å². The van der Waals surface area contributed by atoms with Crippen LogP contribution in [0.25, 0.3) is 0 Å². The Bertz CT molecular complexity index is 304. The summed E-state index contributed by atoms with van der Waals surface area (Å²) in [6, 6.07) is 0. The minimum Gasteiger partial charge on any atom is -0.247 e. The number of unbranched alkanes of at least 4 members (excludes halogenated alkanes) is 9. The molecule has 0 bridgehead atoms. The van der Waals surface area contributed by atoms with E-state index in [9.17, 15) is 8.42 Å². The molecule has 0 aliphatic heterocycles. The van der Waals surface area contributed by atoms with Crippen LogP contribution in [0.4, 0.5) is 0 Å². The highest BCUT2D eigenvalue weighted by Crippen LogP contribution is 2.10. The Morgan fingerprint density at radius 1 is 0.800 bits per heavy atom. The summed E-state index contributed by atoms with van der Waals surface area (Å²) in [5.74, 6) is 0. The SMILES string of the molecule is CCCCCCCCCCCCOS(=O)(=O)ON(C)C. The molecule has 0 amide bonds. The maximum Gasteiger partial charge on any atom is 0.416 e. The van der Waals surface area contributed by atoms with Gasteiger partial charge in [0.1, 0.15) is 0 Å². The second-order valence-corrected chi connectivity index (χ2v) is 6.50. The van der Waals surface area contributed by atoms with Crippen LogP contribution >= 0.6 is 0 Å². The summed E-state index contributed by atoms with van der Waals surface area (Å²) >= 11 is 0. The lowest BCUT2D eigenvalue weighted by molar-refractivity contribution is -0.0142. The fourth-order valence-electron chi connectivity index (χ4n) is 1.95. The molecule has 5 nitrogen and oxygen atoms in total. The number of hydrogen-bond donors (Lipinski definition) is 0. The molecule has 0 unspecified atom stereocenters. The van der Waals surface area contributed by atoms with Crippen LogP contribution in [-0.2, 0) is 18.9 Å². The van der Waals surface area contributed by atoms with Gasteiger partial charge in [0.05, 0.1) is 6.61 Å². The van der Waals surface area contributed by atoms with E-state index in [0.29, 0.717) is 0 Å². The average molecular weight is 309 g/mol. The second-order valence-electron chi connectivity index (χ2n) is 5.30. The molecule has 0 aliphatic carbocycles. The van der Waals surface area contributed by atoms with Crippen LogP contribution in [-0.4, -0.2) is 34.2 Å². The van der Waals surface area contributed by atoms with Gasteiger partial charge in [-0.2, -0.15) is 17.8 Å². The van der Waals surface area contributed by atoms with Crippen LogP contribution in [0.2, 0.25) is 0 Å². The highest BCUT2D eigenvalue weighted by atomic mass is 32.3. The normalized spacial score (nSPS) is 12.2. The summed E-state index contributed by atoms with van der Waals surface area (Å²) in [4.78, 5) is 0. The molecule has 0 aromatic heterocycles. The topological polar surface area (TPSA) is 55.8 Å². The minimum absolute atomic E-state index is 0.201. The number of hydroxylamine groups is 2. The van der Waals surface area contributed by atoms with Gasteiger partial charge in [-0.25, -0.2) is 4.18 Å². The summed E-state index contributed by atoms with van der Waals surface area (Å²) in [6.45, 7) is 2.43. The molecule has 0 saturated carbocycles. The zero-order valence-corrected chi connectivity index (χ0v) is 14.1. The third kappa shape index (κ3) is 14.2. The van der Waals surface area contributed by atoms with Crippen molar-refractivity contribution in [3.05, 3.63) is 0 Å². The van der Waals surface area contributed by atoms with Crippen molar-refractivity contribution in [1.82, 2.24) is 5.06 Å². The largest absolute Gasteiger partial charge is 0.416 e. The fraction of sp³-hybridized carbons (Fsp3) is 1.00. The van der Waals surface area contributed by atoms with E-state index in [4.69, 9.17) is 4.18 Å². The van der Waals surface area contributed by atoms with Crippen LogP contribution in [0.3, 0.4) is 0 Å². The summed E-state index contributed by atoms with van der Waals surface area (Å²) in [5, 5.41) is 1.11. The highest BCUT2D eigenvalue weighted by Gasteiger charge is 2.13. The Hall–Kier alpha value is -0.170. The predicted molar refractivity (Wildman–Crippen MR) is 81.5 cm³/mol. The van der Waals surface area contributed by atoms with Gasteiger partial charge in [0.2, 0.25) is 0 Å². The van der Waals surface area contributed by atoms with Gasteiger partial charge in [-0.1, -0.05) is 64.7 Å². The maximum atomic E-state index is 11.2. The van der Waals surface area contributed by atoms with Gasteiger partial charge in [-0.3, -0.25) is 0 Å². The highest BCUT2D eigenvalue weighted by molar-refractivity contribution is 7.81. The molecule has 0 saturated heterocycles. The Morgan fingerprint density at radius 2 is 1.25 bits per heavy atom. The molecule has 0 aromatic rings. The van der Waals surface area contributed by atoms with Gasteiger partial charge < -0.3 is 0 Å².